The van der Waals surface area contributed by atoms with E-state index in [-0.39, 0.29) is 12.4 Å². The number of pyridine rings is 1. The molecule has 1 aromatic heterocycles. The zero-order valence-corrected chi connectivity index (χ0v) is 10.0. The summed E-state index contributed by atoms with van der Waals surface area (Å²) < 4.78 is 0. The molecule has 0 fully saturated rings. The van der Waals surface area contributed by atoms with Crippen molar-refractivity contribution in [1.29, 1.82) is 0 Å². The van der Waals surface area contributed by atoms with Crippen LogP contribution < -0.4 is 11.1 Å². The number of nitrogens with one attached hydrogen (secondary N) is 1. The van der Waals surface area contributed by atoms with Gasteiger partial charge in [0.2, 0.25) is 0 Å². The number of nitrogens with zero attached hydrogens (tertiary/aromatic N) is 1. The third-order valence-electron chi connectivity index (χ3n) is 1.81. The Kier molecular flexibility index (Phi) is 3.65. The molecule has 1 heterocycles. The minimum absolute atomic E-state index is 0.0481. The second kappa shape index (κ2) is 4.43. The average molecular weight is 250 g/mol. The Labute approximate surface area is 98.4 Å². The molecule has 4 nitrogen and oxygen atoms in total. The molecular formula is C9H13Cl2N3O. The molecule has 1 rings (SSSR count). The summed E-state index contributed by atoms with van der Waals surface area (Å²) >= 11 is 11.7. The first-order chi connectivity index (χ1) is 6.85. The number of aliphatic hydroxyl groups is 1. The van der Waals surface area contributed by atoms with Crippen LogP contribution in [-0.4, -0.2) is 22.2 Å². The van der Waals surface area contributed by atoms with Gasteiger partial charge in [-0.15, -0.1) is 0 Å². The molecule has 0 unspecified atom stereocenters. The first kappa shape index (κ1) is 12.4. The maximum absolute atomic E-state index is 9.08. The standard InChI is InChI=1S/C9H13Cl2N3O/c1-9(2,4-15)14-8-6(11)3-5(10)7(12)13-8/h3,15H,4H2,1-2H3,(H3,12,13,14). The van der Waals surface area contributed by atoms with Gasteiger partial charge in [0, 0.05) is 0 Å². The maximum atomic E-state index is 9.08. The fourth-order valence-electron chi connectivity index (χ4n) is 0.929. The van der Waals surface area contributed by atoms with Gasteiger partial charge in [-0.1, -0.05) is 23.2 Å². The molecule has 4 N–H and O–H groups in total. The number of anilines is 2. The molecule has 0 saturated heterocycles. The van der Waals surface area contributed by atoms with E-state index < -0.39 is 5.54 Å². The second-order valence-corrected chi connectivity index (χ2v) is 4.67. The normalized spacial score (nSPS) is 11.5. The van der Waals surface area contributed by atoms with Crippen molar-refractivity contribution in [3.05, 3.63) is 16.1 Å². The Morgan fingerprint density at radius 3 is 2.60 bits per heavy atom. The van der Waals surface area contributed by atoms with Crippen molar-refractivity contribution in [3.8, 4) is 0 Å². The Morgan fingerprint density at radius 1 is 1.47 bits per heavy atom. The minimum atomic E-state index is -0.517. The van der Waals surface area contributed by atoms with Crippen LogP contribution in [0.2, 0.25) is 10.0 Å². The van der Waals surface area contributed by atoms with Crippen molar-refractivity contribution >= 4 is 34.8 Å². The fourth-order valence-corrected chi connectivity index (χ4v) is 1.33. The number of halogens is 2. The number of nitrogens with two attached hydrogens (primary N) is 1. The van der Waals surface area contributed by atoms with Gasteiger partial charge in [-0.2, -0.15) is 0 Å². The summed E-state index contributed by atoms with van der Waals surface area (Å²) in [5, 5.41) is 12.7. The number of hydrogen-bond donors (Lipinski definition) is 3. The highest BCUT2D eigenvalue weighted by Gasteiger charge is 2.18. The molecule has 84 valence electrons. The molecule has 0 aliphatic rings. The van der Waals surface area contributed by atoms with Gasteiger partial charge in [-0.3, -0.25) is 0 Å². The molecule has 0 saturated carbocycles. The van der Waals surface area contributed by atoms with Crippen LogP contribution in [0.5, 0.6) is 0 Å². The van der Waals surface area contributed by atoms with E-state index in [1.54, 1.807) is 0 Å². The first-order valence-electron chi connectivity index (χ1n) is 4.36. The van der Waals surface area contributed by atoms with Crippen LogP contribution in [0.4, 0.5) is 11.6 Å². The van der Waals surface area contributed by atoms with Gasteiger partial charge >= 0.3 is 0 Å². The predicted octanol–water partition coefficient (Wildman–Crippen LogP) is 2.15. The van der Waals surface area contributed by atoms with E-state index in [4.69, 9.17) is 34.0 Å². The van der Waals surface area contributed by atoms with E-state index in [2.05, 4.69) is 10.3 Å². The Morgan fingerprint density at radius 2 is 2.07 bits per heavy atom. The first-order valence-corrected chi connectivity index (χ1v) is 5.12. The number of nitrogen functional groups attached to an aromatic ring is 1. The molecule has 0 bridgehead atoms. The largest absolute Gasteiger partial charge is 0.394 e. The van der Waals surface area contributed by atoms with Crippen LogP contribution in [0.15, 0.2) is 6.07 Å². The summed E-state index contributed by atoms with van der Waals surface area (Å²) in [6.07, 6.45) is 0. The van der Waals surface area contributed by atoms with E-state index >= 15 is 0 Å². The van der Waals surface area contributed by atoms with Crippen LogP contribution in [0.25, 0.3) is 0 Å². The summed E-state index contributed by atoms with van der Waals surface area (Å²) in [6, 6.07) is 1.52. The number of hydrogen-bond acceptors (Lipinski definition) is 4. The van der Waals surface area contributed by atoms with Crippen molar-refractivity contribution in [2.45, 2.75) is 19.4 Å². The lowest BCUT2D eigenvalue weighted by Gasteiger charge is -2.24. The zero-order valence-electron chi connectivity index (χ0n) is 8.51. The quantitative estimate of drug-likeness (QED) is 0.768. The van der Waals surface area contributed by atoms with Gasteiger partial charge in [0.05, 0.1) is 22.2 Å². The number of aromatic nitrogens is 1. The monoisotopic (exact) mass is 249 g/mol. The highest BCUT2D eigenvalue weighted by molar-refractivity contribution is 6.37. The van der Waals surface area contributed by atoms with Gasteiger partial charge in [0.15, 0.2) is 0 Å². The molecule has 0 aliphatic heterocycles. The molecule has 6 heteroatoms. The van der Waals surface area contributed by atoms with E-state index in [0.29, 0.717) is 15.9 Å². The fraction of sp³-hybridized carbons (Fsp3) is 0.444. The lowest BCUT2D eigenvalue weighted by Crippen LogP contribution is -2.35. The van der Waals surface area contributed by atoms with Crippen molar-refractivity contribution in [3.63, 3.8) is 0 Å². The topological polar surface area (TPSA) is 71.2 Å². The van der Waals surface area contributed by atoms with Crippen molar-refractivity contribution in [2.75, 3.05) is 17.7 Å². The molecule has 0 aliphatic carbocycles. The molecule has 0 aromatic carbocycles. The van der Waals surface area contributed by atoms with E-state index in [1.807, 2.05) is 13.8 Å². The molecule has 15 heavy (non-hydrogen) atoms. The van der Waals surface area contributed by atoms with E-state index in [0.717, 1.165) is 0 Å². The molecular weight excluding hydrogens is 237 g/mol. The van der Waals surface area contributed by atoms with Crippen LogP contribution in [-0.2, 0) is 0 Å². The Balaban J connectivity index is 3.01. The van der Waals surface area contributed by atoms with Gasteiger partial charge in [0.1, 0.15) is 11.6 Å². The highest BCUT2D eigenvalue weighted by atomic mass is 35.5. The summed E-state index contributed by atoms with van der Waals surface area (Å²) in [6.45, 7) is 3.58. The summed E-state index contributed by atoms with van der Waals surface area (Å²) in [5.74, 6) is 0.620. The van der Waals surface area contributed by atoms with Crippen LogP contribution in [0.3, 0.4) is 0 Å². The Hall–Kier alpha value is -0.710. The lowest BCUT2D eigenvalue weighted by molar-refractivity contribution is 0.234. The molecule has 0 radical (unpaired) electrons. The smallest absolute Gasteiger partial charge is 0.147 e. The molecule has 1 aromatic rings. The summed E-state index contributed by atoms with van der Waals surface area (Å²) in [4.78, 5) is 4.00. The van der Waals surface area contributed by atoms with Crippen molar-refractivity contribution in [2.24, 2.45) is 0 Å². The summed E-state index contributed by atoms with van der Waals surface area (Å²) in [5.41, 5.74) is 5.03. The molecule has 0 atom stereocenters. The van der Waals surface area contributed by atoms with Crippen LogP contribution in [0.1, 0.15) is 13.8 Å². The lowest BCUT2D eigenvalue weighted by atomic mass is 10.1. The zero-order chi connectivity index (χ0) is 11.6. The molecule has 0 amide bonds. The third-order valence-corrected chi connectivity index (χ3v) is 2.40. The minimum Gasteiger partial charge on any atom is -0.394 e. The van der Waals surface area contributed by atoms with E-state index in [9.17, 15) is 0 Å². The third kappa shape index (κ3) is 3.12. The average Bonchev–Trinajstić information content (AvgIpc) is 2.14. The van der Waals surface area contributed by atoms with Crippen LogP contribution >= 0.6 is 23.2 Å². The van der Waals surface area contributed by atoms with Gasteiger partial charge in [0.25, 0.3) is 0 Å². The van der Waals surface area contributed by atoms with Crippen molar-refractivity contribution < 1.29 is 5.11 Å². The number of rotatable bonds is 3. The summed E-state index contributed by atoms with van der Waals surface area (Å²) in [7, 11) is 0. The van der Waals surface area contributed by atoms with Crippen LogP contribution in [0, 0.1) is 0 Å². The number of aliphatic hydroxyl groups excluding tert-OH is 1. The maximum Gasteiger partial charge on any atom is 0.147 e. The van der Waals surface area contributed by atoms with Gasteiger partial charge < -0.3 is 16.2 Å². The van der Waals surface area contributed by atoms with Gasteiger partial charge in [-0.05, 0) is 19.9 Å². The van der Waals surface area contributed by atoms with Crippen molar-refractivity contribution in [1.82, 2.24) is 4.98 Å². The predicted molar refractivity (Wildman–Crippen MR) is 63.5 cm³/mol. The SMILES string of the molecule is CC(C)(CO)Nc1nc(N)c(Cl)cc1Cl. The van der Waals surface area contributed by atoms with E-state index in [1.165, 1.54) is 6.07 Å². The molecule has 0 spiro atoms. The Bertz CT molecular complexity index is 369. The van der Waals surface area contributed by atoms with Gasteiger partial charge in [-0.25, -0.2) is 4.98 Å². The second-order valence-electron chi connectivity index (χ2n) is 3.85. The highest BCUT2D eigenvalue weighted by Crippen LogP contribution is 2.28.